The van der Waals surface area contributed by atoms with Crippen molar-refractivity contribution < 1.29 is 50.2 Å². The maximum Gasteiger partial charge on any atom is 0.416 e. The van der Waals surface area contributed by atoms with Crippen LogP contribution in [0.1, 0.15) is 60.8 Å². The third-order valence-corrected chi connectivity index (χ3v) is 5.33. The van der Waals surface area contributed by atoms with Gasteiger partial charge in [0, 0.05) is 6.42 Å². The first-order valence-electron chi connectivity index (χ1n) is 10.6. The van der Waals surface area contributed by atoms with E-state index >= 15 is 0 Å². The van der Waals surface area contributed by atoms with Crippen molar-refractivity contribution >= 4 is 18.0 Å². The second-order valence-electron chi connectivity index (χ2n) is 9.68. The third kappa shape index (κ3) is 8.69. The number of ether oxygens (including phenoxy) is 2. The van der Waals surface area contributed by atoms with E-state index in [1.54, 1.807) is 13.8 Å². The van der Waals surface area contributed by atoms with Gasteiger partial charge in [0.25, 0.3) is 0 Å². The van der Waals surface area contributed by atoms with Gasteiger partial charge >= 0.3 is 24.4 Å². The van der Waals surface area contributed by atoms with Crippen LogP contribution >= 0.6 is 0 Å². The molecule has 1 aliphatic rings. The Morgan fingerprint density at radius 1 is 1.06 bits per heavy atom. The maximum absolute atomic E-state index is 13.3. The number of hydrogen-bond acceptors (Lipinski definition) is 5. The minimum Gasteiger partial charge on any atom is -0.460 e. The van der Waals surface area contributed by atoms with Gasteiger partial charge in [0.15, 0.2) is 0 Å². The zero-order chi connectivity index (χ0) is 25.9. The summed E-state index contributed by atoms with van der Waals surface area (Å²) in [6.07, 6.45) is -14.1. The number of carbonyl (C=O) groups excluding carboxylic acids is 3. The Balaban J connectivity index is 3.46. The molecule has 2 amide bonds. The molecule has 1 rings (SSSR count). The van der Waals surface area contributed by atoms with Gasteiger partial charge in [-0.3, -0.25) is 9.59 Å². The molecule has 1 fully saturated rings. The van der Waals surface area contributed by atoms with Crippen molar-refractivity contribution in [2.75, 3.05) is 6.61 Å². The van der Waals surface area contributed by atoms with Crippen molar-refractivity contribution in [2.45, 2.75) is 84.8 Å². The van der Waals surface area contributed by atoms with E-state index in [1.165, 1.54) is 20.8 Å². The summed E-state index contributed by atoms with van der Waals surface area (Å²) >= 11 is 0. The molecule has 33 heavy (non-hydrogen) atoms. The Morgan fingerprint density at radius 3 is 2.03 bits per heavy atom. The van der Waals surface area contributed by atoms with Crippen LogP contribution in [0.3, 0.4) is 0 Å². The lowest BCUT2D eigenvalue weighted by Crippen LogP contribution is -2.49. The standard InChI is InChI=1S/C21H31F6NO5/c1-11(2)15-10-32-18(31)28(15)16(29)13(7-8-20(22,23)24)14(9-12(3)21(25,26)27)17(30)33-19(4,5)6/h11-15H,7-10H2,1-6H3/t12?,13-,14?,15-/m1/s1. The van der Waals surface area contributed by atoms with Gasteiger partial charge in [-0.2, -0.15) is 26.3 Å². The molecule has 0 saturated carbocycles. The van der Waals surface area contributed by atoms with E-state index in [2.05, 4.69) is 0 Å². The number of amides is 2. The highest BCUT2D eigenvalue weighted by Gasteiger charge is 2.49. The molecule has 1 aliphatic heterocycles. The Hall–Kier alpha value is -2.01. The first-order valence-corrected chi connectivity index (χ1v) is 10.6. The van der Waals surface area contributed by atoms with Crippen LogP contribution in [-0.4, -0.2) is 53.5 Å². The smallest absolute Gasteiger partial charge is 0.416 e. The Labute approximate surface area is 188 Å². The van der Waals surface area contributed by atoms with Crippen molar-refractivity contribution in [3.05, 3.63) is 0 Å². The lowest BCUT2D eigenvalue weighted by molar-refractivity contribution is -0.185. The number of esters is 1. The minimum atomic E-state index is -4.76. The fourth-order valence-corrected chi connectivity index (χ4v) is 3.49. The van der Waals surface area contributed by atoms with Gasteiger partial charge in [-0.25, -0.2) is 9.69 Å². The van der Waals surface area contributed by atoms with Gasteiger partial charge in [-0.1, -0.05) is 20.8 Å². The fourth-order valence-electron chi connectivity index (χ4n) is 3.49. The quantitative estimate of drug-likeness (QED) is 0.331. The van der Waals surface area contributed by atoms with Crippen molar-refractivity contribution in [3.63, 3.8) is 0 Å². The second kappa shape index (κ2) is 10.5. The molecule has 0 aliphatic carbocycles. The molecule has 4 atom stereocenters. The predicted molar refractivity (Wildman–Crippen MR) is 105 cm³/mol. The lowest BCUT2D eigenvalue weighted by Gasteiger charge is -2.33. The third-order valence-electron chi connectivity index (χ3n) is 5.33. The summed E-state index contributed by atoms with van der Waals surface area (Å²) in [7, 11) is 0. The van der Waals surface area contributed by atoms with Gasteiger partial charge < -0.3 is 9.47 Å². The average molecular weight is 491 g/mol. The van der Waals surface area contributed by atoms with Gasteiger partial charge in [0.1, 0.15) is 12.2 Å². The van der Waals surface area contributed by atoms with E-state index in [-0.39, 0.29) is 12.5 Å². The van der Waals surface area contributed by atoms with Crippen molar-refractivity contribution in [2.24, 2.45) is 23.7 Å². The first kappa shape index (κ1) is 29.0. The molecule has 0 radical (unpaired) electrons. The highest BCUT2D eigenvalue weighted by molar-refractivity contribution is 5.96. The summed E-state index contributed by atoms with van der Waals surface area (Å²) in [5.74, 6) is -8.56. The van der Waals surface area contributed by atoms with Crippen LogP contribution < -0.4 is 0 Å². The molecule has 0 aromatic carbocycles. The molecule has 2 unspecified atom stereocenters. The van der Waals surface area contributed by atoms with Gasteiger partial charge in [-0.15, -0.1) is 0 Å². The van der Waals surface area contributed by atoms with Crippen LogP contribution in [0.4, 0.5) is 31.1 Å². The van der Waals surface area contributed by atoms with Crippen molar-refractivity contribution in [3.8, 4) is 0 Å². The normalized spacial score (nSPS) is 20.5. The van der Waals surface area contributed by atoms with Crippen LogP contribution in [0.5, 0.6) is 0 Å². The molecule has 1 saturated heterocycles. The topological polar surface area (TPSA) is 72.9 Å². The number of cyclic esters (lactones) is 1. The Bertz CT molecular complexity index is 713. The van der Waals surface area contributed by atoms with Crippen LogP contribution in [0, 0.1) is 23.7 Å². The number of alkyl halides is 6. The Kier molecular flexibility index (Phi) is 9.24. The molecule has 0 aromatic heterocycles. The van der Waals surface area contributed by atoms with E-state index in [4.69, 9.17) is 9.47 Å². The van der Waals surface area contributed by atoms with Crippen LogP contribution in [0.25, 0.3) is 0 Å². The summed E-state index contributed by atoms with van der Waals surface area (Å²) in [5, 5.41) is 0. The largest absolute Gasteiger partial charge is 0.460 e. The minimum absolute atomic E-state index is 0.204. The molecule has 0 aromatic rings. The zero-order valence-electron chi connectivity index (χ0n) is 19.5. The van der Waals surface area contributed by atoms with Crippen molar-refractivity contribution in [1.29, 1.82) is 0 Å². The molecule has 1 heterocycles. The molecule has 0 bridgehead atoms. The molecule has 6 nitrogen and oxygen atoms in total. The summed E-state index contributed by atoms with van der Waals surface area (Å²) in [6, 6.07) is -0.822. The summed E-state index contributed by atoms with van der Waals surface area (Å²) < 4.78 is 88.9. The van der Waals surface area contributed by atoms with E-state index in [1.807, 2.05) is 0 Å². The molecule has 192 valence electrons. The predicted octanol–water partition coefficient (Wildman–Crippen LogP) is 5.49. The second-order valence-corrected chi connectivity index (χ2v) is 9.68. The monoisotopic (exact) mass is 491 g/mol. The highest BCUT2D eigenvalue weighted by atomic mass is 19.4. The summed E-state index contributed by atoms with van der Waals surface area (Å²) in [5.41, 5.74) is -1.17. The van der Waals surface area contributed by atoms with E-state index in [9.17, 15) is 40.7 Å². The van der Waals surface area contributed by atoms with Crippen LogP contribution in [-0.2, 0) is 19.1 Å². The number of hydrogen-bond donors (Lipinski definition) is 0. The molecular weight excluding hydrogens is 460 g/mol. The SMILES string of the molecule is CC(C)[C@H]1COC(=O)N1C(=O)[C@H](CCC(F)(F)F)C(CC(C)C(F)(F)F)C(=O)OC(C)(C)C. The van der Waals surface area contributed by atoms with Crippen LogP contribution in [0.15, 0.2) is 0 Å². The molecule has 0 N–H and O–H groups in total. The van der Waals surface area contributed by atoms with E-state index in [0.717, 1.165) is 6.92 Å². The number of halogens is 6. The molecular formula is C21H31F6NO5. The average Bonchev–Trinajstić information content (AvgIpc) is 2.98. The zero-order valence-corrected chi connectivity index (χ0v) is 19.5. The number of carbonyl (C=O) groups is 3. The fraction of sp³-hybridized carbons (Fsp3) is 0.857. The summed E-state index contributed by atoms with van der Waals surface area (Å²) in [6.45, 7) is 8.17. The van der Waals surface area contributed by atoms with Gasteiger partial charge in [0.05, 0.1) is 23.8 Å². The van der Waals surface area contributed by atoms with E-state index in [0.29, 0.717) is 4.90 Å². The van der Waals surface area contributed by atoms with Gasteiger partial charge in [0.2, 0.25) is 5.91 Å². The maximum atomic E-state index is 13.3. The Morgan fingerprint density at radius 2 is 1.61 bits per heavy atom. The highest BCUT2D eigenvalue weighted by Crippen LogP contribution is 2.38. The number of nitrogens with zero attached hydrogens (tertiary/aromatic N) is 1. The van der Waals surface area contributed by atoms with Crippen molar-refractivity contribution in [1.82, 2.24) is 4.90 Å². The number of rotatable bonds is 8. The lowest BCUT2D eigenvalue weighted by atomic mass is 9.80. The van der Waals surface area contributed by atoms with Gasteiger partial charge in [-0.05, 0) is 39.5 Å². The van der Waals surface area contributed by atoms with Crippen LogP contribution in [0.2, 0.25) is 0 Å². The van der Waals surface area contributed by atoms with E-state index < -0.39 is 79.0 Å². The number of imide groups is 1. The molecule has 0 spiro atoms. The summed E-state index contributed by atoms with van der Waals surface area (Å²) in [4.78, 5) is 39.0. The first-order chi connectivity index (χ1) is 14.7. The molecule has 12 heteroatoms.